The van der Waals surface area contributed by atoms with Crippen molar-refractivity contribution in [3.8, 4) is 5.75 Å². The molecule has 0 fully saturated rings. The number of hydrogen-bond donors (Lipinski definition) is 0. The van der Waals surface area contributed by atoms with Crippen LogP contribution in [-0.4, -0.2) is 15.5 Å². The maximum Gasteiger partial charge on any atom is 0.261 e. The molecule has 0 atom stereocenters. The fraction of sp³-hybridized carbons (Fsp3) is 0.111. The second-order valence-corrected chi connectivity index (χ2v) is 5.15. The van der Waals surface area contributed by atoms with Crippen molar-refractivity contribution in [2.75, 3.05) is 7.11 Å². The highest BCUT2D eigenvalue weighted by atomic mass is 35.7. The molecule has 1 rings (SSSR count). The minimum Gasteiger partial charge on any atom is -0.496 e. The van der Waals surface area contributed by atoms with Crippen LogP contribution in [0.25, 0.3) is 4.91 Å². The third kappa shape index (κ3) is 2.27. The van der Waals surface area contributed by atoms with Crippen molar-refractivity contribution in [2.24, 2.45) is 0 Å². The van der Waals surface area contributed by atoms with E-state index in [2.05, 4.69) is 6.58 Å². The zero-order chi connectivity index (χ0) is 10.8. The molecule has 0 amide bonds. The van der Waals surface area contributed by atoms with Crippen LogP contribution in [0.5, 0.6) is 5.75 Å². The van der Waals surface area contributed by atoms with E-state index in [1.54, 1.807) is 24.3 Å². The molecule has 0 saturated heterocycles. The minimum atomic E-state index is -3.79. The maximum absolute atomic E-state index is 11.0. The number of halogens is 1. The smallest absolute Gasteiger partial charge is 0.261 e. The molecule has 0 spiro atoms. The molecule has 0 aromatic heterocycles. The Labute approximate surface area is 87.4 Å². The van der Waals surface area contributed by atoms with Gasteiger partial charge in [0.2, 0.25) is 0 Å². The van der Waals surface area contributed by atoms with E-state index in [0.717, 1.165) is 0 Å². The largest absolute Gasteiger partial charge is 0.496 e. The monoisotopic (exact) mass is 232 g/mol. The fourth-order valence-electron chi connectivity index (χ4n) is 1.01. The first-order valence-electron chi connectivity index (χ1n) is 3.74. The first-order chi connectivity index (χ1) is 6.46. The van der Waals surface area contributed by atoms with Crippen molar-refractivity contribution < 1.29 is 13.2 Å². The number of methoxy groups -OCH3 is 1. The van der Waals surface area contributed by atoms with Crippen LogP contribution in [0.2, 0.25) is 0 Å². The Kier molecular flexibility index (Phi) is 3.18. The Morgan fingerprint density at radius 2 is 2.00 bits per heavy atom. The van der Waals surface area contributed by atoms with Gasteiger partial charge < -0.3 is 4.74 Å². The fourth-order valence-corrected chi connectivity index (χ4v) is 1.69. The number of hydrogen-bond acceptors (Lipinski definition) is 3. The van der Waals surface area contributed by atoms with Gasteiger partial charge in [-0.15, -0.1) is 0 Å². The summed E-state index contributed by atoms with van der Waals surface area (Å²) < 4.78 is 27.0. The van der Waals surface area contributed by atoms with Crippen LogP contribution in [0.1, 0.15) is 5.56 Å². The van der Waals surface area contributed by atoms with Crippen molar-refractivity contribution >= 4 is 24.6 Å². The summed E-state index contributed by atoms with van der Waals surface area (Å²) in [6.07, 6.45) is 0. The normalized spacial score (nSPS) is 11.0. The van der Waals surface area contributed by atoms with E-state index in [9.17, 15) is 8.42 Å². The Hall–Kier alpha value is -1.00. The highest BCUT2D eigenvalue weighted by Gasteiger charge is 2.16. The summed E-state index contributed by atoms with van der Waals surface area (Å²) in [6, 6.07) is 6.64. The predicted molar refractivity (Wildman–Crippen MR) is 56.8 cm³/mol. The molecule has 3 nitrogen and oxygen atoms in total. The lowest BCUT2D eigenvalue weighted by Crippen LogP contribution is -1.96. The summed E-state index contributed by atoms with van der Waals surface area (Å²) in [5.41, 5.74) is 0.380. The zero-order valence-electron chi connectivity index (χ0n) is 7.53. The molecule has 0 heterocycles. The molecule has 0 aliphatic rings. The lowest BCUT2D eigenvalue weighted by atomic mass is 10.2. The van der Waals surface area contributed by atoms with Crippen molar-refractivity contribution in [3.05, 3.63) is 36.4 Å². The van der Waals surface area contributed by atoms with Crippen LogP contribution >= 0.6 is 10.7 Å². The van der Waals surface area contributed by atoms with Crippen LogP contribution in [0.4, 0.5) is 0 Å². The van der Waals surface area contributed by atoms with Gasteiger partial charge in [0.1, 0.15) is 5.75 Å². The SMILES string of the molecule is C=C(c1ccccc1OC)S(=O)(=O)Cl. The number of benzene rings is 1. The summed E-state index contributed by atoms with van der Waals surface area (Å²) in [7, 11) is 2.82. The van der Waals surface area contributed by atoms with E-state index in [1.165, 1.54) is 7.11 Å². The average molecular weight is 233 g/mol. The number of ether oxygens (including phenoxy) is 1. The number of rotatable bonds is 3. The first-order valence-corrected chi connectivity index (χ1v) is 6.04. The molecule has 1 aromatic carbocycles. The Bertz CT molecular complexity index is 451. The third-order valence-electron chi connectivity index (χ3n) is 1.70. The van der Waals surface area contributed by atoms with Crippen LogP contribution in [0.3, 0.4) is 0 Å². The topological polar surface area (TPSA) is 43.4 Å². The van der Waals surface area contributed by atoms with Crippen molar-refractivity contribution in [2.45, 2.75) is 0 Å². The second kappa shape index (κ2) is 4.02. The quantitative estimate of drug-likeness (QED) is 0.751. The van der Waals surface area contributed by atoms with E-state index in [-0.39, 0.29) is 4.91 Å². The molecule has 1 aromatic rings. The highest BCUT2D eigenvalue weighted by Crippen LogP contribution is 2.29. The highest BCUT2D eigenvalue weighted by molar-refractivity contribution is 8.21. The summed E-state index contributed by atoms with van der Waals surface area (Å²) in [5.74, 6) is 0.432. The van der Waals surface area contributed by atoms with Gasteiger partial charge in [0.25, 0.3) is 9.05 Å². The van der Waals surface area contributed by atoms with Crippen LogP contribution in [-0.2, 0) is 9.05 Å². The van der Waals surface area contributed by atoms with E-state index in [1.807, 2.05) is 0 Å². The molecule has 0 saturated carbocycles. The molecular formula is C9H9ClO3S. The van der Waals surface area contributed by atoms with Crippen molar-refractivity contribution in [1.29, 1.82) is 0 Å². The number of para-hydroxylation sites is 1. The van der Waals surface area contributed by atoms with Gasteiger partial charge in [-0.1, -0.05) is 18.7 Å². The van der Waals surface area contributed by atoms with Gasteiger partial charge in [-0.2, -0.15) is 0 Å². The molecule has 0 aliphatic heterocycles. The van der Waals surface area contributed by atoms with Crippen LogP contribution in [0.15, 0.2) is 30.8 Å². The van der Waals surface area contributed by atoms with Crippen LogP contribution in [0, 0.1) is 0 Å². The lowest BCUT2D eigenvalue weighted by Gasteiger charge is -2.07. The van der Waals surface area contributed by atoms with Gasteiger partial charge in [-0.05, 0) is 12.1 Å². The van der Waals surface area contributed by atoms with E-state index >= 15 is 0 Å². The summed E-state index contributed by atoms with van der Waals surface area (Å²) in [4.78, 5) is -0.156. The van der Waals surface area contributed by atoms with Gasteiger partial charge in [-0.3, -0.25) is 0 Å². The van der Waals surface area contributed by atoms with Gasteiger partial charge in [0, 0.05) is 16.2 Å². The molecule has 76 valence electrons. The molecule has 5 heteroatoms. The maximum atomic E-state index is 11.0. The molecule has 14 heavy (non-hydrogen) atoms. The lowest BCUT2D eigenvalue weighted by molar-refractivity contribution is 0.413. The molecule has 0 N–H and O–H groups in total. The van der Waals surface area contributed by atoms with Gasteiger partial charge >= 0.3 is 0 Å². The Morgan fingerprint density at radius 3 is 2.50 bits per heavy atom. The molecular weight excluding hydrogens is 224 g/mol. The molecule has 0 radical (unpaired) electrons. The van der Waals surface area contributed by atoms with Crippen molar-refractivity contribution in [3.63, 3.8) is 0 Å². The third-order valence-corrected chi connectivity index (χ3v) is 3.07. The Balaban J connectivity index is 3.27. The van der Waals surface area contributed by atoms with E-state index in [4.69, 9.17) is 15.4 Å². The van der Waals surface area contributed by atoms with Gasteiger partial charge in [0.15, 0.2) is 0 Å². The molecule has 0 bridgehead atoms. The first kappa shape index (κ1) is 11.1. The predicted octanol–water partition coefficient (Wildman–Crippen LogP) is 2.23. The standard InChI is InChI=1S/C9H9ClO3S/c1-7(14(10,11)12)8-5-3-4-6-9(8)13-2/h3-6H,1H2,2H3. The minimum absolute atomic E-state index is 0.156. The zero-order valence-corrected chi connectivity index (χ0v) is 9.10. The molecule has 0 aliphatic carbocycles. The summed E-state index contributed by atoms with van der Waals surface area (Å²) in [5, 5.41) is 0. The van der Waals surface area contributed by atoms with E-state index < -0.39 is 9.05 Å². The average Bonchev–Trinajstić information content (AvgIpc) is 2.15. The molecule has 0 unspecified atom stereocenters. The van der Waals surface area contributed by atoms with Gasteiger partial charge in [0.05, 0.1) is 12.0 Å². The van der Waals surface area contributed by atoms with E-state index in [0.29, 0.717) is 11.3 Å². The summed E-state index contributed by atoms with van der Waals surface area (Å²) >= 11 is 0. The summed E-state index contributed by atoms with van der Waals surface area (Å²) in [6.45, 7) is 3.40. The second-order valence-electron chi connectivity index (χ2n) is 2.56. The van der Waals surface area contributed by atoms with Gasteiger partial charge in [-0.25, -0.2) is 8.42 Å². The Morgan fingerprint density at radius 1 is 1.43 bits per heavy atom. The van der Waals surface area contributed by atoms with Crippen LogP contribution < -0.4 is 4.74 Å². The van der Waals surface area contributed by atoms with Crippen molar-refractivity contribution in [1.82, 2.24) is 0 Å².